The lowest BCUT2D eigenvalue weighted by Gasteiger charge is -2.30. The summed E-state index contributed by atoms with van der Waals surface area (Å²) >= 11 is 0. The van der Waals surface area contributed by atoms with Crippen LogP contribution in [0.3, 0.4) is 0 Å². The summed E-state index contributed by atoms with van der Waals surface area (Å²) in [5.41, 5.74) is 0. The molecule has 20 heavy (non-hydrogen) atoms. The van der Waals surface area contributed by atoms with E-state index in [1.165, 1.54) is 19.3 Å². The number of hydrogen-bond donors (Lipinski definition) is 1. The fourth-order valence-corrected chi connectivity index (χ4v) is 3.94. The van der Waals surface area contributed by atoms with Crippen molar-refractivity contribution in [2.45, 2.75) is 64.4 Å². The molecule has 0 heterocycles. The van der Waals surface area contributed by atoms with Crippen molar-refractivity contribution < 1.29 is 14.6 Å². The molecule has 2 aliphatic rings. The maximum Gasteiger partial charge on any atom is 0.303 e. The molecule has 0 saturated heterocycles. The number of carboxylic acid groups (broad SMARTS) is 1. The number of allylic oxidation sites excluding steroid dienone is 2. The molecule has 2 bridgehead atoms. The van der Waals surface area contributed by atoms with Gasteiger partial charge in [-0.3, -0.25) is 4.79 Å². The number of carboxylic acids is 1. The Kier molecular flexibility index (Phi) is 6.08. The number of aliphatic carboxylic acids is 1. The minimum Gasteiger partial charge on any atom is -0.481 e. The van der Waals surface area contributed by atoms with E-state index in [1.54, 1.807) is 0 Å². The summed E-state index contributed by atoms with van der Waals surface area (Å²) in [4.78, 5) is 10.4. The number of unbranched alkanes of at least 4 members (excludes halogenated alkanes) is 1. The zero-order chi connectivity index (χ0) is 14.4. The van der Waals surface area contributed by atoms with Gasteiger partial charge in [-0.05, 0) is 62.7 Å². The van der Waals surface area contributed by atoms with Crippen LogP contribution in [-0.4, -0.2) is 23.8 Å². The SMILES string of the molecule is CCCO[C@@H]1[C@H]2CC[C@H](C2)[C@H]1C/C=C\CCCC(=O)O. The Morgan fingerprint density at radius 3 is 2.85 bits per heavy atom. The first kappa shape index (κ1) is 15.6. The first-order valence-corrected chi connectivity index (χ1v) is 8.20. The third-order valence-electron chi connectivity index (χ3n) is 4.86. The fraction of sp³-hybridized carbons (Fsp3) is 0.824. The number of hydrogen-bond acceptors (Lipinski definition) is 2. The molecule has 0 radical (unpaired) electrons. The standard InChI is InChI=1S/C17H28O3/c1-2-11-20-17-14-10-9-13(12-14)15(17)7-5-3-4-6-8-16(18)19/h3,5,13-15,17H,2,4,6-12H2,1H3,(H,18,19)/b5-3-/t13-,14+,15-,17-/m1/s1. The summed E-state index contributed by atoms with van der Waals surface area (Å²) in [6.45, 7) is 3.07. The quantitative estimate of drug-likeness (QED) is 0.512. The van der Waals surface area contributed by atoms with Crippen molar-refractivity contribution in [1.82, 2.24) is 0 Å². The van der Waals surface area contributed by atoms with Gasteiger partial charge in [-0.1, -0.05) is 19.1 Å². The van der Waals surface area contributed by atoms with Crippen LogP contribution in [0, 0.1) is 17.8 Å². The summed E-state index contributed by atoms with van der Waals surface area (Å²) in [5.74, 6) is 1.68. The molecule has 0 aliphatic heterocycles. The van der Waals surface area contributed by atoms with Crippen LogP contribution in [0.5, 0.6) is 0 Å². The Morgan fingerprint density at radius 1 is 1.30 bits per heavy atom. The molecular weight excluding hydrogens is 252 g/mol. The molecule has 0 spiro atoms. The van der Waals surface area contributed by atoms with Crippen LogP contribution < -0.4 is 0 Å². The number of fused-ring (bicyclic) bond motifs is 2. The predicted octanol–water partition coefficient (Wildman–Crippen LogP) is 4.03. The van der Waals surface area contributed by atoms with Gasteiger partial charge in [-0.25, -0.2) is 0 Å². The largest absolute Gasteiger partial charge is 0.481 e. The molecule has 3 heteroatoms. The number of carbonyl (C=O) groups is 1. The van der Waals surface area contributed by atoms with E-state index in [-0.39, 0.29) is 6.42 Å². The van der Waals surface area contributed by atoms with Crippen LogP contribution in [0.2, 0.25) is 0 Å². The van der Waals surface area contributed by atoms with Crippen LogP contribution in [0.25, 0.3) is 0 Å². The van der Waals surface area contributed by atoms with Crippen LogP contribution in [0.1, 0.15) is 58.3 Å². The highest BCUT2D eigenvalue weighted by Gasteiger charge is 2.47. The lowest BCUT2D eigenvalue weighted by atomic mass is 9.84. The lowest BCUT2D eigenvalue weighted by molar-refractivity contribution is -0.137. The molecular formula is C17H28O3. The van der Waals surface area contributed by atoms with E-state index in [9.17, 15) is 4.79 Å². The van der Waals surface area contributed by atoms with Crippen molar-refractivity contribution in [1.29, 1.82) is 0 Å². The van der Waals surface area contributed by atoms with Gasteiger partial charge in [0.25, 0.3) is 0 Å². The van der Waals surface area contributed by atoms with Crippen molar-refractivity contribution in [2.24, 2.45) is 17.8 Å². The summed E-state index contributed by atoms with van der Waals surface area (Å²) in [7, 11) is 0. The van der Waals surface area contributed by atoms with Gasteiger partial charge in [0.2, 0.25) is 0 Å². The van der Waals surface area contributed by atoms with Gasteiger partial charge in [0.15, 0.2) is 0 Å². The van der Waals surface area contributed by atoms with Crippen molar-refractivity contribution in [2.75, 3.05) is 6.61 Å². The van der Waals surface area contributed by atoms with Gasteiger partial charge < -0.3 is 9.84 Å². The molecule has 0 unspecified atom stereocenters. The monoisotopic (exact) mass is 280 g/mol. The first-order valence-electron chi connectivity index (χ1n) is 8.20. The van der Waals surface area contributed by atoms with Crippen LogP contribution in [0.15, 0.2) is 12.2 Å². The van der Waals surface area contributed by atoms with Crippen LogP contribution >= 0.6 is 0 Å². The summed E-state index contributed by atoms with van der Waals surface area (Å²) in [6.07, 6.45) is 13.1. The maximum atomic E-state index is 10.4. The minimum absolute atomic E-state index is 0.278. The lowest BCUT2D eigenvalue weighted by Crippen LogP contribution is -2.30. The Hall–Kier alpha value is -0.830. The van der Waals surface area contributed by atoms with E-state index >= 15 is 0 Å². The molecule has 114 valence electrons. The van der Waals surface area contributed by atoms with Gasteiger partial charge >= 0.3 is 5.97 Å². The molecule has 1 N–H and O–H groups in total. The molecule has 0 aromatic heterocycles. The second-order valence-corrected chi connectivity index (χ2v) is 6.33. The fourth-order valence-electron chi connectivity index (χ4n) is 3.94. The molecule has 0 aromatic rings. The van der Waals surface area contributed by atoms with E-state index < -0.39 is 5.97 Å². The average molecular weight is 280 g/mol. The predicted molar refractivity (Wildman–Crippen MR) is 79.6 cm³/mol. The number of ether oxygens (including phenoxy) is 1. The second-order valence-electron chi connectivity index (χ2n) is 6.33. The molecule has 4 atom stereocenters. The molecule has 2 saturated carbocycles. The van der Waals surface area contributed by atoms with E-state index in [0.717, 1.165) is 44.1 Å². The van der Waals surface area contributed by atoms with Gasteiger partial charge in [0.05, 0.1) is 6.10 Å². The molecule has 0 amide bonds. The Balaban J connectivity index is 1.72. The normalized spacial score (nSPS) is 32.2. The topological polar surface area (TPSA) is 46.5 Å². The first-order chi connectivity index (χ1) is 9.72. The zero-order valence-corrected chi connectivity index (χ0v) is 12.6. The van der Waals surface area contributed by atoms with E-state index in [2.05, 4.69) is 19.1 Å². The van der Waals surface area contributed by atoms with Gasteiger partial charge in [0, 0.05) is 13.0 Å². The van der Waals surface area contributed by atoms with Crippen molar-refractivity contribution in [3.8, 4) is 0 Å². The zero-order valence-electron chi connectivity index (χ0n) is 12.6. The summed E-state index contributed by atoms with van der Waals surface area (Å²) in [6, 6.07) is 0. The highest BCUT2D eigenvalue weighted by atomic mass is 16.5. The highest BCUT2D eigenvalue weighted by Crippen LogP contribution is 2.51. The highest BCUT2D eigenvalue weighted by molar-refractivity contribution is 5.66. The third-order valence-corrected chi connectivity index (χ3v) is 4.86. The summed E-state index contributed by atoms with van der Waals surface area (Å²) < 4.78 is 6.10. The summed E-state index contributed by atoms with van der Waals surface area (Å²) in [5, 5.41) is 8.59. The average Bonchev–Trinajstić information content (AvgIpc) is 3.01. The Bertz CT molecular complexity index is 337. The van der Waals surface area contributed by atoms with E-state index in [1.807, 2.05) is 0 Å². The van der Waals surface area contributed by atoms with Crippen LogP contribution in [-0.2, 0) is 9.53 Å². The van der Waals surface area contributed by atoms with Crippen molar-refractivity contribution in [3.63, 3.8) is 0 Å². The molecule has 2 rings (SSSR count). The van der Waals surface area contributed by atoms with Crippen LogP contribution in [0.4, 0.5) is 0 Å². The molecule has 0 aromatic carbocycles. The third kappa shape index (κ3) is 4.08. The van der Waals surface area contributed by atoms with Gasteiger partial charge in [-0.15, -0.1) is 0 Å². The van der Waals surface area contributed by atoms with Gasteiger partial charge in [-0.2, -0.15) is 0 Å². The molecule has 2 fully saturated rings. The molecule has 2 aliphatic carbocycles. The van der Waals surface area contributed by atoms with Gasteiger partial charge in [0.1, 0.15) is 0 Å². The van der Waals surface area contributed by atoms with Crippen molar-refractivity contribution in [3.05, 3.63) is 12.2 Å². The van der Waals surface area contributed by atoms with Crippen molar-refractivity contribution >= 4 is 5.97 Å². The van der Waals surface area contributed by atoms with E-state index in [0.29, 0.717) is 12.0 Å². The Labute approximate surface area is 122 Å². The molecule has 3 nitrogen and oxygen atoms in total. The Morgan fingerprint density at radius 2 is 2.10 bits per heavy atom. The second kappa shape index (κ2) is 7.82. The number of rotatable bonds is 9. The smallest absolute Gasteiger partial charge is 0.303 e. The minimum atomic E-state index is -0.695. The maximum absolute atomic E-state index is 10.4. The van der Waals surface area contributed by atoms with E-state index in [4.69, 9.17) is 9.84 Å².